The van der Waals surface area contributed by atoms with Gasteiger partial charge in [0.05, 0.1) is 11.0 Å². The molecular formula is C57H55BN2O2. The number of para-hydroxylation sites is 2. The number of aromatic nitrogens is 1. The molecule has 62 heavy (non-hydrogen) atoms. The van der Waals surface area contributed by atoms with Crippen LogP contribution in [0.5, 0.6) is 23.0 Å². The molecule has 0 saturated heterocycles. The Bertz CT molecular complexity index is 3300. The summed E-state index contributed by atoms with van der Waals surface area (Å²) in [7, 11) is 0. The molecule has 3 aliphatic heterocycles. The molecule has 4 aliphatic rings. The van der Waals surface area contributed by atoms with E-state index < -0.39 is 0 Å². The summed E-state index contributed by atoms with van der Waals surface area (Å²) in [6, 6.07) is 41.5. The highest BCUT2D eigenvalue weighted by atomic mass is 16.6. The average molecular weight is 811 g/mol. The minimum atomic E-state index is -0.132. The van der Waals surface area contributed by atoms with E-state index in [1.54, 1.807) is 0 Å². The fourth-order valence-electron chi connectivity index (χ4n) is 11.4. The maximum absolute atomic E-state index is 6.79. The van der Waals surface area contributed by atoms with Gasteiger partial charge in [-0.05, 0) is 145 Å². The molecule has 1 aliphatic carbocycles. The first-order chi connectivity index (χ1) is 29.4. The van der Waals surface area contributed by atoms with Crippen molar-refractivity contribution in [3.63, 3.8) is 0 Å². The van der Waals surface area contributed by atoms with Crippen molar-refractivity contribution in [2.75, 3.05) is 4.81 Å². The van der Waals surface area contributed by atoms with E-state index in [-0.39, 0.29) is 28.5 Å². The topological polar surface area (TPSA) is 26.6 Å². The average Bonchev–Trinajstić information content (AvgIpc) is 3.56. The van der Waals surface area contributed by atoms with Crippen LogP contribution in [-0.4, -0.2) is 11.4 Å². The minimum Gasteiger partial charge on any atom is -0.449 e. The fourth-order valence-corrected chi connectivity index (χ4v) is 11.4. The Morgan fingerprint density at radius 2 is 1.19 bits per heavy atom. The Morgan fingerprint density at radius 3 is 1.89 bits per heavy atom. The van der Waals surface area contributed by atoms with Gasteiger partial charge in [0, 0.05) is 39.5 Å². The molecule has 0 fully saturated rings. The van der Waals surface area contributed by atoms with Gasteiger partial charge in [0.2, 0.25) is 0 Å². The van der Waals surface area contributed by atoms with Crippen LogP contribution >= 0.6 is 0 Å². The van der Waals surface area contributed by atoms with Gasteiger partial charge in [-0.25, -0.2) is 0 Å². The monoisotopic (exact) mass is 810 g/mol. The van der Waals surface area contributed by atoms with Gasteiger partial charge in [-0.2, -0.15) is 0 Å². The Labute approximate surface area is 366 Å². The quantitative estimate of drug-likeness (QED) is 0.155. The maximum atomic E-state index is 6.79. The fraction of sp³-hybridized carbons (Fsp3) is 0.298. The van der Waals surface area contributed by atoms with Crippen molar-refractivity contribution in [3.05, 3.63) is 137 Å². The van der Waals surface area contributed by atoms with E-state index in [1.807, 2.05) is 24.3 Å². The van der Waals surface area contributed by atoms with E-state index in [9.17, 15) is 0 Å². The van der Waals surface area contributed by atoms with Crippen LogP contribution in [0.4, 0.5) is 11.4 Å². The van der Waals surface area contributed by atoms with E-state index in [2.05, 4.69) is 170 Å². The number of nitrogens with zero attached hydrogens (tertiary/aromatic N) is 2. The van der Waals surface area contributed by atoms with Crippen LogP contribution in [0.1, 0.15) is 110 Å². The summed E-state index contributed by atoms with van der Waals surface area (Å²) in [6.45, 7) is 26.1. The summed E-state index contributed by atoms with van der Waals surface area (Å²) in [4.78, 5) is 2.70. The number of fused-ring (bicyclic) bond motifs is 12. The van der Waals surface area contributed by atoms with Crippen molar-refractivity contribution in [1.29, 1.82) is 0 Å². The second-order valence-electron chi connectivity index (χ2n) is 22.1. The van der Waals surface area contributed by atoms with E-state index >= 15 is 0 Å². The lowest BCUT2D eigenvalue weighted by Gasteiger charge is -2.46. The number of ether oxygens (including phenoxy) is 2. The molecule has 0 atom stereocenters. The van der Waals surface area contributed by atoms with Crippen LogP contribution in [-0.2, 0) is 21.7 Å². The van der Waals surface area contributed by atoms with Gasteiger partial charge in [-0.1, -0.05) is 124 Å². The molecule has 0 unspecified atom stereocenters. The van der Waals surface area contributed by atoms with E-state index in [1.165, 1.54) is 94.7 Å². The first kappa shape index (κ1) is 37.8. The third-order valence-electron chi connectivity index (χ3n) is 15.1. The van der Waals surface area contributed by atoms with Crippen molar-refractivity contribution in [2.24, 2.45) is 0 Å². The molecule has 4 heterocycles. The number of hydrogen-bond donors (Lipinski definition) is 0. The second-order valence-corrected chi connectivity index (χ2v) is 22.1. The van der Waals surface area contributed by atoms with Crippen LogP contribution in [0.3, 0.4) is 0 Å². The summed E-state index contributed by atoms with van der Waals surface area (Å²) in [5.74, 6) is 2.95. The van der Waals surface area contributed by atoms with Crippen LogP contribution in [0.15, 0.2) is 109 Å². The molecule has 0 amide bonds. The SMILES string of the molecule is Cc1cc2c(cc1N1B3c4c(cc5ccccc5c4-c4cc5c(cc41)Oc1ccccc1O5)-n1c4ccc(C(C)(C)C)cc4c4cc(C(C)(C)C)cc3c41)C(C)(C)CCC2(C)C. The lowest BCUT2D eigenvalue weighted by atomic mass is 9.43. The molecule has 7 aromatic carbocycles. The number of rotatable bonds is 1. The number of anilines is 2. The lowest BCUT2D eigenvalue weighted by Crippen LogP contribution is -2.61. The Morgan fingerprint density at radius 1 is 0.565 bits per heavy atom. The van der Waals surface area contributed by atoms with Crippen molar-refractivity contribution in [2.45, 2.75) is 111 Å². The first-order valence-corrected chi connectivity index (χ1v) is 22.7. The van der Waals surface area contributed by atoms with Crippen molar-refractivity contribution < 1.29 is 9.47 Å². The second kappa shape index (κ2) is 12.2. The highest BCUT2D eigenvalue weighted by Gasteiger charge is 2.47. The molecule has 0 bridgehead atoms. The van der Waals surface area contributed by atoms with Crippen LogP contribution in [0, 0.1) is 6.92 Å². The van der Waals surface area contributed by atoms with Gasteiger partial charge in [0.15, 0.2) is 23.0 Å². The molecule has 0 saturated carbocycles. The van der Waals surface area contributed by atoms with Crippen LogP contribution < -0.4 is 25.2 Å². The van der Waals surface area contributed by atoms with Gasteiger partial charge in [-0.3, -0.25) is 0 Å². The molecule has 0 N–H and O–H groups in total. The van der Waals surface area contributed by atoms with Gasteiger partial charge in [-0.15, -0.1) is 0 Å². The predicted octanol–water partition coefficient (Wildman–Crippen LogP) is 14.3. The zero-order chi connectivity index (χ0) is 43.0. The van der Waals surface area contributed by atoms with Crippen molar-refractivity contribution in [1.82, 2.24) is 4.57 Å². The van der Waals surface area contributed by atoms with E-state index in [4.69, 9.17) is 9.47 Å². The van der Waals surface area contributed by atoms with Gasteiger partial charge in [0.25, 0.3) is 0 Å². The smallest absolute Gasteiger partial charge is 0.333 e. The van der Waals surface area contributed by atoms with Gasteiger partial charge < -0.3 is 18.9 Å². The van der Waals surface area contributed by atoms with E-state index in [0.29, 0.717) is 0 Å². The summed E-state index contributed by atoms with van der Waals surface area (Å²) >= 11 is 0. The largest absolute Gasteiger partial charge is 0.449 e. The van der Waals surface area contributed by atoms with Crippen molar-refractivity contribution >= 4 is 61.7 Å². The molecular weight excluding hydrogens is 755 g/mol. The predicted molar refractivity (Wildman–Crippen MR) is 261 cm³/mol. The number of aryl methyl sites for hydroxylation is 1. The molecule has 4 nitrogen and oxygen atoms in total. The molecule has 8 aromatic rings. The standard InChI is InChI=1S/C57H55BN2O2/c1-32-24-40-41(57(10,11)23-22-56(40,8)9)30-44(32)60-45-31-50-49(61-47-18-14-15-19-48(47)62-50)29-39(45)51-36-17-13-12-16-33(36)25-46-52(51)58(60)42-28-35(55(5,6)7)27-38-37-26-34(54(2,3)4)20-21-43(37)59(46)53(38)42/h12-21,24-31H,22-23H2,1-11H3. The normalized spacial score (nSPS) is 16.6. The molecule has 0 spiro atoms. The summed E-state index contributed by atoms with van der Waals surface area (Å²) in [6.07, 6.45) is 2.33. The molecule has 0 radical (unpaired) electrons. The lowest BCUT2D eigenvalue weighted by molar-refractivity contribution is 0.332. The highest BCUT2D eigenvalue weighted by molar-refractivity contribution is 6.94. The Kier molecular flexibility index (Phi) is 7.41. The maximum Gasteiger partial charge on any atom is 0.333 e. The third-order valence-corrected chi connectivity index (χ3v) is 15.1. The van der Waals surface area contributed by atoms with Crippen LogP contribution in [0.2, 0.25) is 0 Å². The number of benzene rings is 7. The van der Waals surface area contributed by atoms with Crippen LogP contribution in [0.25, 0.3) is 49.4 Å². The third kappa shape index (κ3) is 5.14. The summed E-state index contributed by atoms with van der Waals surface area (Å²) < 4.78 is 16.2. The highest BCUT2D eigenvalue weighted by Crippen LogP contribution is 2.56. The minimum absolute atomic E-state index is 0.00761. The first-order valence-electron chi connectivity index (χ1n) is 22.7. The molecule has 308 valence electrons. The zero-order valence-corrected chi connectivity index (χ0v) is 38.1. The number of hydrogen-bond acceptors (Lipinski definition) is 3. The molecule has 5 heteroatoms. The van der Waals surface area contributed by atoms with Crippen molar-refractivity contribution in [3.8, 4) is 39.8 Å². The van der Waals surface area contributed by atoms with Gasteiger partial charge >= 0.3 is 6.85 Å². The van der Waals surface area contributed by atoms with Gasteiger partial charge in [0.1, 0.15) is 0 Å². The zero-order valence-electron chi connectivity index (χ0n) is 38.1. The Hall–Kier alpha value is -5.94. The molecule has 12 rings (SSSR count). The molecule has 1 aromatic heterocycles. The Balaban J connectivity index is 1.27. The summed E-state index contributed by atoms with van der Waals surface area (Å²) in [5, 5.41) is 5.11. The summed E-state index contributed by atoms with van der Waals surface area (Å²) in [5.41, 5.74) is 18.3. The van der Waals surface area contributed by atoms with E-state index in [0.717, 1.165) is 40.7 Å².